The van der Waals surface area contributed by atoms with Gasteiger partial charge < -0.3 is 0 Å². The fourth-order valence-electron chi connectivity index (χ4n) is 0.713. The molecule has 10 heavy (non-hydrogen) atoms. The Bertz CT molecular complexity index is 223. The van der Waals surface area contributed by atoms with Crippen molar-refractivity contribution in [2.24, 2.45) is 0 Å². The monoisotopic (exact) mass is 156 g/mol. The van der Waals surface area contributed by atoms with Crippen LogP contribution in [0.15, 0.2) is 12.5 Å². The number of hydrogen-bond acceptors (Lipinski definition) is 2. The number of aromatic nitrogens is 2. The molecule has 0 atom stereocenters. The van der Waals surface area contributed by atoms with Crippen molar-refractivity contribution in [3.63, 3.8) is 0 Å². The maximum Gasteiger partial charge on any atom is 0.135 e. The van der Waals surface area contributed by atoms with Crippen molar-refractivity contribution in [2.45, 2.75) is 19.8 Å². The average molecular weight is 157 g/mol. The summed E-state index contributed by atoms with van der Waals surface area (Å²) in [6.07, 6.45) is 3.20. The Morgan fingerprint density at radius 2 is 2.20 bits per heavy atom. The molecule has 0 bridgehead atoms. The van der Waals surface area contributed by atoms with Crippen molar-refractivity contribution in [1.82, 2.24) is 9.97 Å². The minimum Gasteiger partial charge on any atom is -0.244 e. The van der Waals surface area contributed by atoms with Gasteiger partial charge in [-0.3, -0.25) is 0 Å². The summed E-state index contributed by atoms with van der Waals surface area (Å²) in [6.45, 7) is 4.12. The van der Waals surface area contributed by atoms with Crippen LogP contribution < -0.4 is 0 Å². The van der Waals surface area contributed by atoms with E-state index >= 15 is 0 Å². The zero-order valence-electron chi connectivity index (χ0n) is 6.00. The molecule has 0 aliphatic heterocycles. The van der Waals surface area contributed by atoms with Crippen LogP contribution in [0.2, 0.25) is 5.15 Å². The third-order valence-corrected chi connectivity index (χ3v) is 1.63. The minimum absolute atomic E-state index is 0.397. The van der Waals surface area contributed by atoms with Crippen molar-refractivity contribution >= 4 is 11.6 Å². The molecule has 0 aliphatic rings. The molecule has 0 unspecified atom stereocenters. The Morgan fingerprint density at radius 1 is 1.50 bits per heavy atom. The molecule has 1 heterocycles. The van der Waals surface area contributed by atoms with Gasteiger partial charge in [0.1, 0.15) is 11.5 Å². The highest BCUT2D eigenvalue weighted by Gasteiger charge is 2.03. The number of halogens is 1. The Labute approximate surface area is 65.3 Å². The van der Waals surface area contributed by atoms with Gasteiger partial charge in [-0.15, -0.1) is 0 Å². The SMILES string of the molecule is CC(C)c1cncnc1Cl. The third-order valence-electron chi connectivity index (χ3n) is 1.31. The summed E-state index contributed by atoms with van der Waals surface area (Å²) in [5.74, 6) is 0.397. The molecule has 1 aromatic rings. The molecular weight excluding hydrogens is 148 g/mol. The van der Waals surface area contributed by atoms with Crippen LogP contribution in [0.4, 0.5) is 0 Å². The van der Waals surface area contributed by atoms with E-state index in [2.05, 4.69) is 23.8 Å². The summed E-state index contributed by atoms with van der Waals surface area (Å²) >= 11 is 5.77. The second-order valence-corrected chi connectivity index (χ2v) is 2.78. The topological polar surface area (TPSA) is 25.8 Å². The summed E-state index contributed by atoms with van der Waals surface area (Å²) in [6, 6.07) is 0. The molecule has 0 amide bonds. The van der Waals surface area contributed by atoms with Crippen LogP contribution in [-0.2, 0) is 0 Å². The molecule has 0 aliphatic carbocycles. The van der Waals surface area contributed by atoms with Crippen LogP contribution in [0, 0.1) is 0 Å². The average Bonchev–Trinajstić information content (AvgIpc) is 1.88. The van der Waals surface area contributed by atoms with E-state index in [9.17, 15) is 0 Å². The Hall–Kier alpha value is -0.630. The van der Waals surface area contributed by atoms with Gasteiger partial charge in [-0.1, -0.05) is 25.4 Å². The Kier molecular flexibility index (Phi) is 2.22. The van der Waals surface area contributed by atoms with Gasteiger partial charge in [0.05, 0.1) is 0 Å². The second-order valence-electron chi connectivity index (χ2n) is 2.42. The van der Waals surface area contributed by atoms with Crippen molar-refractivity contribution in [2.75, 3.05) is 0 Å². The van der Waals surface area contributed by atoms with Gasteiger partial charge in [-0.2, -0.15) is 0 Å². The summed E-state index contributed by atoms with van der Waals surface area (Å²) in [5.41, 5.74) is 1.00. The molecule has 0 aromatic carbocycles. The molecule has 0 radical (unpaired) electrons. The summed E-state index contributed by atoms with van der Waals surface area (Å²) in [5, 5.41) is 0.560. The van der Waals surface area contributed by atoms with E-state index < -0.39 is 0 Å². The van der Waals surface area contributed by atoms with E-state index in [1.807, 2.05) is 0 Å². The first-order chi connectivity index (χ1) is 4.72. The highest BCUT2D eigenvalue weighted by molar-refractivity contribution is 6.30. The van der Waals surface area contributed by atoms with Crippen LogP contribution in [-0.4, -0.2) is 9.97 Å². The fraction of sp³-hybridized carbons (Fsp3) is 0.429. The van der Waals surface area contributed by atoms with E-state index in [1.165, 1.54) is 6.33 Å². The molecule has 0 saturated heterocycles. The van der Waals surface area contributed by atoms with E-state index in [4.69, 9.17) is 11.6 Å². The minimum atomic E-state index is 0.397. The first kappa shape index (κ1) is 7.48. The Morgan fingerprint density at radius 3 is 2.60 bits per heavy atom. The quantitative estimate of drug-likeness (QED) is 0.583. The maximum absolute atomic E-state index is 5.77. The van der Waals surface area contributed by atoms with E-state index in [0.717, 1.165) is 5.56 Å². The van der Waals surface area contributed by atoms with Crippen molar-refractivity contribution in [1.29, 1.82) is 0 Å². The van der Waals surface area contributed by atoms with Gasteiger partial charge in [0.25, 0.3) is 0 Å². The summed E-state index contributed by atoms with van der Waals surface area (Å²) in [4.78, 5) is 7.73. The molecule has 1 rings (SSSR count). The second kappa shape index (κ2) is 2.97. The first-order valence-corrected chi connectivity index (χ1v) is 3.55. The predicted octanol–water partition coefficient (Wildman–Crippen LogP) is 2.25. The van der Waals surface area contributed by atoms with Crippen LogP contribution in [0.25, 0.3) is 0 Å². The highest BCUT2D eigenvalue weighted by atomic mass is 35.5. The van der Waals surface area contributed by atoms with Crippen LogP contribution >= 0.6 is 11.6 Å². The molecular formula is C7H9ClN2. The number of hydrogen-bond donors (Lipinski definition) is 0. The lowest BCUT2D eigenvalue weighted by atomic mass is 10.1. The smallest absolute Gasteiger partial charge is 0.135 e. The number of rotatable bonds is 1. The van der Waals surface area contributed by atoms with Gasteiger partial charge in [0.2, 0.25) is 0 Å². The third kappa shape index (κ3) is 1.45. The zero-order chi connectivity index (χ0) is 7.56. The Balaban J connectivity index is 3.03. The normalized spacial score (nSPS) is 10.4. The van der Waals surface area contributed by atoms with E-state index in [0.29, 0.717) is 11.1 Å². The van der Waals surface area contributed by atoms with Crippen LogP contribution in [0.1, 0.15) is 25.3 Å². The van der Waals surface area contributed by atoms with Gasteiger partial charge in [-0.25, -0.2) is 9.97 Å². The number of nitrogens with zero attached hydrogens (tertiary/aromatic N) is 2. The lowest BCUT2D eigenvalue weighted by Gasteiger charge is -2.03. The van der Waals surface area contributed by atoms with Crippen molar-refractivity contribution in [3.8, 4) is 0 Å². The lowest BCUT2D eigenvalue weighted by Crippen LogP contribution is -1.91. The maximum atomic E-state index is 5.77. The van der Waals surface area contributed by atoms with Gasteiger partial charge in [0.15, 0.2) is 0 Å². The predicted molar refractivity (Wildman–Crippen MR) is 41.1 cm³/mol. The lowest BCUT2D eigenvalue weighted by molar-refractivity contribution is 0.846. The van der Waals surface area contributed by atoms with Gasteiger partial charge in [-0.05, 0) is 5.92 Å². The van der Waals surface area contributed by atoms with E-state index in [-0.39, 0.29) is 0 Å². The molecule has 0 spiro atoms. The summed E-state index contributed by atoms with van der Waals surface area (Å²) in [7, 11) is 0. The van der Waals surface area contributed by atoms with Crippen LogP contribution in [0.5, 0.6) is 0 Å². The largest absolute Gasteiger partial charge is 0.244 e. The summed E-state index contributed by atoms with van der Waals surface area (Å²) < 4.78 is 0. The molecule has 0 fully saturated rings. The first-order valence-electron chi connectivity index (χ1n) is 3.17. The molecule has 54 valence electrons. The molecule has 0 saturated carbocycles. The molecule has 3 heteroatoms. The highest BCUT2D eigenvalue weighted by Crippen LogP contribution is 2.19. The fourth-order valence-corrected chi connectivity index (χ4v) is 1.02. The van der Waals surface area contributed by atoms with Gasteiger partial charge >= 0.3 is 0 Å². The van der Waals surface area contributed by atoms with Crippen molar-refractivity contribution < 1.29 is 0 Å². The zero-order valence-corrected chi connectivity index (χ0v) is 6.76. The molecule has 0 N–H and O–H groups in total. The molecule has 1 aromatic heterocycles. The van der Waals surface area contributed by atoms with E-state index in [1.54, 1.807) is 6.20 Å². The standard InChI is InChI=1S/C7H9ClN2/c1-5(2)6-3-9-4-10-7(6)8/h3-5H,1-2H3. The van der Waals surface area contributed by atoms with Gasteiger partial charge in [0, 0.05) is 11.8 Å². The molecule has 2 nitrogen and oxygen atoms in total. The van der Waals surface area contributed by atoms with Crippen molar-refractivity contribution in [3.05, 3.63) is 23.2 Å². The van der Waals surface area contributed by atoms with Crippen LogP contribution in [0.3, 0.4) is 0 Å².